The molecule has 0 aliphatic carbocycles. The van der Waals surface area contributed by atoms with E-state index in [1.54, 1.807) is 31.6 Å². The highest BCUT2D eigenvalue weighted by Gasteiger charge is 2.23. The molecule has 144 valence electrons. The first-order valence-electron chi connectivity index (χ1n) is 9.13. The molecule has 0 N–H and O–H groups in total. The Morgan fingerprint density at radius 1 is 1.11 bits per heavy atom. The number of methoxy groups -OCH3 is 1. The lowest BCUT2D eigenvalue weighted by atomic mass is 10.1. The second-order valence-corrected chi connectivity index (χ2v) is 6.51. The fourth-order valence-electron chi connectivity index (χ4n) is 3.18. The molecule has 28 heavy (non-hydrogen) atoms. The van der Waals surface area contributed by atoms with Crippen molar-refractivity contribution in [3.05, 3.63) is 54.5 Å². The molecule has 1 amide bonds. The average Bonchev–Trinajstić information content (AvgIpc) is 3.23. The lowest BCUT2D eigenvalue weighted by Gasteiger charge is -2.34. The third-order valence-corrected chi connectivity index (χ3v) is 4.71. The lowest BCUT2D eigenvalue weighted by molar-refractivity contribution is -0.130. The summed E-state index contributed by atoms with van der Waals surface area (Å²) in [6.45, 7) is 2.70. The highest BCUT2D eigenvalue weighted by atomic mass is 16.5. The van der Waals surface area contributed by atoms with Crippen molar-refractivity contribution in [3.63, 3.8) is 0 Å². The molecule has 1 aromatic carbocycles. The van der Waals surface area contributed by atoms with Crippen molar-refractivity contribution in [3.8, 4) is 17.1 Å². The number of hydrogen-bond acceptors (Lipinski definition) is 7. The molecule has 8 heteroatoms. The summed E-state index contributed by atoms with van der Waals surface area (Å²) in [6, 6.07) is 11.1. The molecule has 0 spiro atoms. The molecule has 1 aliphatic heterocycles. The maximum absolute atomic E-state index is 12.6. The average molecular weight is 379 g/mol. The van der Waals surface area contributed by atoms with E-state index in [0.29, 0.717) is 43.6 Å². The van der Waals surface area contributed by atoms with Crippen molar-refractivity contribution in [1.29, 1.82) is 0 Å². The van der Waals surface area contributed by atoms with Gasteiger partial charge in [-0.2, -0.15) is 0 Å². The Morgan fingerprint density at radius 2 is 1.89 bits per heavy atom. The number of anilines is 1. The van der Waals surface area contributed by atoms with Gasteiger partial charge in [0.15, 0.2) is 5.76 Å². The number of nitrogens with zero attached hydrogens (tertiary/aromatic N) is 5. The zero-order valence-electron chi connectivity index (χ0n) is 15.6. The van der Waals surface area contributed by atoms with Gasteiger partial charge in [0.05, 0.1) is 19.2 Å². The van der Waals surface area contributed by atoms with E-state index in [0.717, 1.165) is 11.3 Å². The van der Waals surface area contributed by atoms with Crippen molar-refractivity contribution in [2.75, 3.05) is 38.2 Å². The minimum Gasteiger partial charge on any atom is -0.497 e. The molecule has 0 radical (unpaired) electrons. The third kappa shape index (κ3) is 3.95. The van der Waals surface area contributed by atoms with E-state index < -0.39 is 0 Å². The van der Waals surface area contributed by atoms with Gasteiger partial charge in [-0.3, -0.25) is 4.79 Å². The number of amides is 1. The second kappa shape index (κ2) is 8.08. The molecule has 8 nitrogen and oxygen atoms in total. The molecule has 0 bridgehead atoms. The Labute approximate surface area is 162 Å². The number of carbonyl (C=O) groups excluding carboxylic acids is 1. The van der Waals surface area contributed by atoms with E-state index in [-0.39, 0.29) is 12.3 Å². The minimum atomic E-state index is 0.0409. The van der Waals surface area contributed by atoms with E-state index in [9.17, 15) is 4.79 Å². The maximum atomic E-state index is 12.6. The van der Waals surface area contributed by atoms with Gasteiger partial charge in [0.1, 0.15) is 5.75 Å². The Kier molecular flexibility index (Phi) is 5.18. The first-order chi connectivity index (χ1) is 13.7. The Hall–Kier alpha value is -3.42. The van der Waals surface area contributed by atoms with Crippen LogP contribution in [0.4, 0.5) is 5.95 Å². The fraction of sp³-hybridized carbons (Fsp3) is 0.300. The van der Waals surface area contributed by atoms with Crippen LogP contribution in [0.3, 0.4) is 0 Å². The van der Waals surface area contributed by atoms with Gasteiger partial charge in [-0.15, -0.1) is 0 Å². The first-order valence-corrected chi connectivity index (χ1v) is 9.13. The summed E-state index contributed by atoms with van der Waals surface area (Å²) >= 11 is 0. The van der Waals surface area contributed by atoms with Crippen LogP contribution in [0, 0.1) is 0 Å². The maximum Gasteiger partial charge on any atom is 0.228 e. The number of ether oxygens (including phenoxy) is 1. The van der Waals surface area contributed by atoms with E-state index in [4.69, 9.17) is 9.26 Å². The molecule has 0 atom stereocenters. The third-order valence-electron chi connectivity index (χ3n) is 4.71. The molecule has 1 aliphatic rings. The first kappa shape index (κ1) is 18.0. The highest BCUT2D eigenvalue weighted by Crippen LogP contribution is 2.24. The van der Waals surface area contributed by atoms with Gasteiger partial charge in [0, 0.05) is 50.2 Å². The number of carbonyl (C=O) groups is 1. The monoisotopic (exact) mass is 379 g/mol. The van der Waals surface area contributed by atoms with Crippen LogP contribution < -0.4 is 9.64 Å². The quantitative estimate of drug-likeness (QED) is 0.670. The predicted molar refractivity (Wildman–Crippen MR) is 103 cm³/mol. The van der Waals surface area contributed by atoms with Crippen LogP contribution in [0.5, 0.6) is 5.75 Å². The summed E-state index contributed by atoms with van der Waals surface area (Å²) in [7, 11) is 1.62. The largest absolute Gasteiger partial charge is 0.497 e. The molecular formula is C20H21N5O3. The molecule has 4 rings (SSSR count). The number of rotatable bonds is 5. The number of benzene rings is 1. The van der Waals surface area contributed by atoms with Gasteiger partial charge in [0.25, 0.3) is 0 Å². The van der Waals surface area contributed by atoms with Crippen molar-refractivity contribution in [1.82, 2.24) is 20.0 Å². The van der Waals surface area contributed by atoms with Crippen molar-refractivity contribution >= 4 is 11.9 Å². The summed E-state index contributed by atoms with van der Waals surface area (Å²) in [6.07, 6.45) is 3.67. The van der Waals surface area contributed by atoms with Crippen LogP contribution in [0.2, 0.25) is 0 Å². The summed E-state index contributed by atoms with van der Waals surface area (Å²) in [4.78, 5) is 25.1. The van der Waals surface area contributed by atoms with Gasteiger partial charge in [-0.25, -0.2) is 9.97 Å². The van der Waals surface area contributed by atoms with Crippen LogP contribution in [-0.2, 0) is 11.2 Å². The molecular weight excluding hydrogens is 358 g/mol. The predicted octanol–water partition coefficient (Wildman–Crippen LogP) is 2.03. The molecule has 0 unspecified atom stereocenters. The van der Waals surface area contributed by atoms with E-state index in [2.05, 4.69) is 20.0 Å². The summed E-state index contributed by atoms with van der Waals surface area (Å²) in [5.41, 5.74) is 1.48. The van der Waals surface area contributed by atoms with Gasteiger partial charge in [-0.05, 0) is 18.2 Å². The minimum absolute atomic E-state index is 0.0409. The van der Waals surface area contributed by atoms with Crippen molar-refractivity contribution in [2.45, 2.75) is 6.42 Å². The SMILES string of the molecule is COc1cccc(-c2cc(CC(=O)N3CCN(c4ncccn4)CC3)no2)c1. The van der Waals surface area contributed by atoms with Gasteiger partial charge in [-0.1, -0.05) is 17.3 Å². The van der Waals surface area contributed by atoms with Gasteiger partial charge >= 0.3 is 0 Å². The zero-order chi connectivity index (χ0) is 19.3. The van der Waals surface area contributed by atoms with Crippen LogP contribution in [0.1, 0.15) is 5.69 Å². The van der Waals surface area contributed by atoms with Crippen LogP contribution in [0.15, 0.2) is 53.3 Å². The standard InChI is InChI=1S/C20H21N5O3/c1-27-17-5-2-4-15(12-17)18-13-16(23-28-18)14-19(26)24-8-10-25(11-9-24)20-21-6-3-7-22-20/h2-7,12-13H,8-11,14H2,1H3. The molecule has 3 aromatic rings. The number of aromatic nitrogens is 3. The normalized spacial score (nSPS) is 14.2. The van der Waals surface area contributed by atoms with E-state index >= 15 is 0 Å². The Bertz CT molecular complexity index is 936. The van der Waals surface area contributed by atoms with Crippen LogP contribution in [-0.4, -0.2) is 59.2 Å². The molecule has 1 fully saturated rings. The zero-order valence-corrected chi connectivity index (χ0v) is 15.6. The lowest BCUT2D eigenvalue weighted by Crippen LogP contribution is -2.49. The molecule has 1 saturated heterocycles. The number of piperazine rings is 1. The number of hydrogen-bond donors (Lipinski definition) is 0. The smallest absolute Gasteiger partial charge is 0.228 e. The topological polar surface area (TPSA) is 84.6 Å². The summed E-state index contributed by atoms with van der Waals surface area (Å²) in [5.74, 6) is 2.10. The Morgan fingerprint density at radius 3 is 2.64 bits per heavy atom. The van der Waals surface area contributed by atoms with Gasteiger partial charge in [0.2, 0.25) is 11.9 Å². The van der Waals surface area contributed by atoms with E-state index in [1.165, 1.54) is 0 Å². The second-order valence-electron chi connectivity index (χ2n) is 6.51. The van der Waals surface area contributed by atoms with Crippen molar-refractivity contribution in [2.24, 2.45) is 0 Å². The van der Waals surface area contributed by atoms with Gasteiger partial charge < -0.3 is 19.1 Å². The molecule has 0 saturated carbocycles. The fourth-order valence-corrected chi connectivity index (χ4v) is 3.18. The summed E-state index contributed by atoms with van der Waals surface area (Å²) in [5, 5.41) is 4.05. The highest BCUT2D eigenvalue weighted by molar-refractivity contribution is 5.79. The van der Waals surface area contributed by atoms with Crippen molar-refractivity contribution < 1.29 is 14.1 Å². The molecule has 3 heterocycles. The Balaban J connectivity index is 1.35. The summed E-state index contributed by atoms with van der Waals surface area (Å²) < 4.78 is 10.6. The van der Waals surface area contributed by atoms with E-state index in [1.807, 2.05) is 29.2 Å². The van der Waals surface area contributed by atoms with Crippen LogP contribution in [0.25, 0.3) is 11.3 Å². The molecule has 2 aromatic heterocycles. The van der Waals surface area contributed by atoms with Crippen LogP contribution >= 0.6 is 0 Å².